The topological polar surface area (TPSA) is 35.5 Å². The predicted octanol–water partition coefficient (Wildman–Crippen LogP) is 3.33. The molecule has 0 bridgehead atoms. The van der Waals surface area contributed by atoms with Gasteiger partial charge in [-0.15, -0.1) is 0 Å². The predicted molar refractivity (Wildman–Crippen MR) is 68.5 cm³/mol. The second-order valence-corrected chi connectivity index (χ2v) is 4.01. The van der Waals surface area contributed by atoms with Gasteiger partial charge in [0.2, 0.25) is 0 Å². The van der Waals surface area contributed by atoms with Crippen LogP contribution in [0.1, 0.15) is 15.9 Å². The number of methoxy groups -OCH3 is 1. The lowest BCUT2D eigenvalue weighted by molar-refractivity contribution is 0.0597. The molecule has 3 nitrogen and oxygen atoms in total. The molecule has 0 aromatic heterocycles. The number of esters is 1. The van der Waals surface area contributed by atoms with Crippen molar-refractivity contribution in [2.24, 2.45) is 0 Å². The summed E-state index contributed by atoms with van der Waals surface area (Å²) in [6.45, 7) is -0.0200. The normalized spacial score (nSPS) is 10.2. The summed E-state index contributed by atoms with van der Waals surface area (Å²) in [4.78, 5) is 11.6. The summed E-state index contributed by atoms with van der Waals surface area (Å²) in [6, 6.07) is 9.72. The van der Waals surface area contributed by atoms with Crippen molar-refractivity contribution in [2.45, 2.75) is 6.61 Å². The Morgan fingerprint density at radius 2 is 1.90 bits per heavy atom. The van der Waals surface area contributed by atoms with Gasteiger partial charge < -0.3 is 9.47 Å². The van der Waals surface area contributed by atoms with Crippen molar-refractivity contribution in [3.05, 3.63) is 65.2 Å². The zero-order valence-electron chi connectivity index (χ0n) is 10.7. The molecule has 0 aliphatic heterocycles. The molecule has 0 aliphatic carbocycles. The second kappa shape index (κ2) is 6.14. The Kier molecular flexibility index (Phi) is 4.30. The quantitative estimate of drug-likeness (QED) is 0.805. The zero-order valence-corrected chi connectivity index (χ0v) is 10.7. The number of rotatable bonds is 4. The van der Waals surface area contributed by atoms with Gasteiger partial charge in [0.1, 0.15) is 12.4 Å². The summed E-state index contributed by atoms with van der Waals surface area (Å²) in [5.41, 5.74) is 0.903. The maximum Gasteiger partial charge on any atom is 0.338 e. The molecular formula is C15H12F2O3. The van der Waals surface area contributed by atoms with Crippen LogP contribution in [0.15, 0.2) is 42.5 Å². The van der Waals surface area contributed by atoms with E-state index in [0.717, 1.165) is 12.1 Å². The Labute approximate surface area is 114 Å². The number of hydrogen-bond donors (Lipinski definition) is 0. The summed E-state index contributed by atoms with van der Waals surface area (Å²) < 4.78 is 36.1. The molecule has 0 saturated heterocycles. The van der Waals surface area contributed by atoms with Crippen molar-refractivity contribution in [1.29, 1.82) is 0 Å². The maximum absolute atomic E-state index is 13.4. The summed E-state index contributed by atoms with van der Waals surface area (Å²) in [5, 5.41) is 0. The van der Waals surface area contributed by atoms with E-state index >= 15 is 0 Å². The Morgan fingerprint density at radius 1 is 1.15 bits per heavy atom. The van der Waals surface area contributed by atoms with Crippen molar-refractivity contribution in [3.8, 4) is 5.75 Å². The minimum Gasteiger partial charge on any atom is -0.486 e. The van der Waals surface area contributed by atoms with Crippen LogP contribution in [-0.4, -0.2) is 13.1 Å². The van der Waals surface area contributed by atoms with E-state index in [1.807, 2.05) is 0 Å². The summed E-state index contributed by atoms with van der Waals surface area (Å²) in [6.07, 6.45) is 0. The van der Waals surface area contributed by atoms with Gasteiger partial charge in [-0.05, 0) is 18.2 Å². The maximum atomic E-state index is 13.4. The standard InChI is InChI=1S/C15H12F2O3/c1-19-15(18)12-5-3-2-4-10(12)9-20-14-7-6-11(16)8-13(14)17/h2-8H,9H2,1H3. The van der Waals surface area contributed by atoms with E-state index < -0.39 is 17.6 Å². The molecule has 0 saturated carbocycles. The molecule has 2 aromatic rings. The van der Waals surface area contributed by atoms with Crippen LogP contribution >= 0.6 is 0 Å². The minimum atomic E-state index is -0.791. The van der Waals surface area contributed by atoms with Crippen molar-refractivity contribution in [2.75, 3.05) is 7.11 Å². The second-order valence-electron chi connectivity index (χ2n) is 4.01. The van der Waals surface area contributed by atoms with Gasteiger partial charge in [0, 0.05) is 11.6 Å². The lowest BCUT2D eigenvalue weighted by Gasteiger charge is -2.10. The monoisotopic (exact) mass is 278 g/mol. The first-order chi connectivity index (χ1) is 9.61. The van der Waals surface area contributed by atoms with E-state index in [2.05, 4.69) is 4.74 Å². The number of halogens is 2. The molecule has 5 heteroatoms. The van der Waals surface area contributed by atoms with E-state index in [9.17, 15) is 13.6 Å². The van der Waals surface area contributed by atoms with Crippen LogP contribution in [0.2, 0.25) is 0 Å². The van der Waals surface area contributed by atoms with Gasteiger partial charge in [-0.3, -0.25) is 0 Å². The first-order valence-electron chi connectivity index (χ1n) is 5.86. The zero-order chi connectivity index (χ0) is 14.5. The Balaban J connectivity index is 2.17. The highest BCUT2D eigenvalue weighted by Gasteiger charge is 2.12. The third-order valence-electron chi connectivity index (χ3n) is 2.70. The van der Waals surface area contributed by atoms with E-state index in [0.29, 0.717) is 11.1 Å². The molecular weight excluding hydrogens is 266 g/mol. The Bertz CT molecular complexity index is 626. The van der Waals surface area contributed by atoms with Crippen LogP contribution in [0.25, 0.3) is 0 Å². The number of ether oxygens (including phenoxy) is 2. The van der Waals surface area contributed by atoms with Gasteiger partial charge in [-0.1, -0.05) is 18.2 Å². The molecule has 0 spiro atoms. The number of benzene rings is 2. The fraction of sp³-hybridized carbons (Fsp3) is 0.133. The van der Waals surface area contributed by atoms with Crippen LogP contribution in [0.4, 0.5) is 8.78 Å². The number of hydrogen-bond acceptors (Lipinski definition) is 3. The van der Waals surface area contributed by atoms with Crippen LogP contribution in [0, 0.1) is 11.6 Å². The van der Waals surface area contributed by atoms with E-state index in [1.165, 1.54) is 13.2 Å². The minimum absolute atomic E-state index is 0.0200. The van der Waals surface area contributed by atoms with Crippen LogP contribution in [0.3, 0.4) is 0 Å². The molecule has 2 rings (SSSR count). The number of carbonyl (C=O) groups is 1. The molecule has 2 aromatic carbocycles. The summed E-state index contributed by atoms with van der Waals surface area (Å²) >= 11 is 0. The Morgan fingerprint density at radius 3 is 2.60 bits per heavy atom. The molecule has 20 heavy (non-hydrogen) atoms. The largest absolute Gasteiger partial charge is 0.486 e. The van der Waals surface area contributed by atoms with Gasteiger partial charge in [-0.2, -0.15) is 0 Å². The summed E-state index contributed by atoms with van der Waals surface area (Å²) in [5.74, 6) is -2.04. The molecule has 0 heterocycles. The number of carbonyl (C=O) groups excluding carboxylic acids is 1. The lowest BCUT2D eigenvalue weighted by Crippen LogP contribution is -2.08. The first kappa shape index (κ1) is 14.0. The van der Waals surface area contributed by atoms with Crippen molar-refractivity contribution >= 4 is 5.97 Å². The van der Waals surface area contributed by atoms with Crippen molar-refractivity contribution in [1.82, 2.24) is 0 Å². The molecule has 0 amide bonds. The molecule has 0 N–H and O–H groups in total. The van der Waals surface area contributed by atoms with Crippen molar-refractivity contribution in [3.63, 3.8) is 0 Å². The van der Waals surface area contributed by atoms with Gasteiger partial charge in [0.25, 0.3) is 0 Å². The molecule has 0 aliphatic rings. The van der Waals surface area contributed by atoms with Crippen LogP contribution in [-0.2, 0) is 11.3 Å². The van der Waals surface area contributed by atoms with Gasteiger partial charge in [-0.25, -0.2) is 13.6 Å². The fourth-order valence-electron chi connectivity index (χ4n) is 1.70. The summed E-state index contributed by atoms with van der Waals surface area (Å²) in [7, 11) is 1.28. The smallest absolute Gasteiger partial charge is 0.338 e. The molecule has 104 valence electrons. The van der Waals surface area contributed by atoms with Gasteiger partial charge >= 0.3 is 5.97 Å². The SMILES string of the molecule is COC(=O)c1ccccc1COc1ccc(F)cc1F. The average molecular weight is 278 g/mol. The molecule has 0 fully saturated rings. The fourth-order valence-corrected chi connectivity index (χ4v) is 1.70. The highest BCUT2D eigenvalue weighted by molar-refractivity contribution is 5.90. The van der Waals surface area contributed by atoms with E-state index in [4.69, 9.17) is 4.74 Å². The van der Waals surface area contributed by atoms with Gasteiger partial charge in [0.15, 0.2) is 11.6 Å². The molecule has 0 radical (unpaired) electrons. The molecule has 0 unspecified atom stereocenters. The highest BCUT2D eigenvalue weighted by Crippen LogP contribution is 2.20. The Hall–Kier alpha value is -2.43. The molecule has 0 atom stereocenters. The third kappa shape index (κ3) is 3.12. The lowest BCUT2D eigenvalue weighted by atomic mass is 10.1. The third-order valence-corrected chi connectivity index (χ3v) is 2.70. The average Bonchev–Trinajstić information content (AvgIpc) is 2.46. The van der Waals surface area contributed by atoms with E-state index in [-0.39, 0.29) is 12.4 Å². The van der Waals surface area contributed by atoms with Crippen molar-refractivity contribution < 1.29 is 23.0 Å². The van der Waals surface area contributed by atoms with Crippen LogP contribution in [0.5, 0.6) is 5.75 Å². The highest BCUT2D eigenvalue weighted by atomic mass is 19.1. The van der Waals surface area contributed by atoms with E-state index in [1.54, 1.807) is 24.3 Å². The van der Waals surface area contributed by atoms with Crippen LogP contribution < -0.4 is 4.74 Å². The first-order valence-corrected chi connectivity index (χ1v) is 5.86. The van der Waals surface area contributed by atoms with Gasteiger partial charge in [0.05, 0.1) is 12.7 Å².